The van der Waals surface area contributed by atoms with Crippen LogP contribution in [-0.2, 0) is 0 Å². The zero-order valence-corrected chi connectivity index (χ0v) is 14.9. The minimum Gasteiger partial charge on any atom is -0.507 e. The lowest BCUT2D eigenvalue weighted by Gasteiger charge is -2.05. The average molecular weight is 408 g/mol. The zero-order chi connectivity index (χ0) is 17.3. The lowest BCUT2D eigenvalue weighted by Crippen LogP contribution is -2.18. The fourth-order valence-electron chi connectivity index (χ4n) is 2.17. The minimum absolute atomic E-state index is 0.0310. The number of amides is 1. The molecule has 24 heavy (non-hydrogen) atoms. The highest BCUT2D eigenvalue weighted by Crippen LogP contribution is 2.24. The van der Waals surface area contributed by atoms with Gasteiger partial charge in [0.05, 0.1) is 5.71 Å². The van der Waals surface area contributed by atoms with Gasteiger partial charge in [-0.2, -0.15) is 5.10 Å². The first kappa shape index (κ1) is 16.5. The van der Waals surface area contributed by atoms with Crippen LogP contribution in [0.4, 0.5) is 0 Å². The van der Waals surface area contributed by atoms with Crippen molar-refractivity contribution in [3.05, 3.63) is 63.3 Å². The highest BCUT2D eigenvalue weighted by molar-refractivity contribution is 9.10. The van der Waals surface area contributed by atoms with E-state index in [1.165, 1.54) is 6.07 Å². The first-order valence-corrected chi connectivity index (χ1v) is 8.14. The van der Waals surface area contributed by atoms with Crippen molar-refractivity contribution in [2.75, 3.05) is 0 Å². The van der Waals surface area contributed by atoms with Crippen LogP contribution in [-0.4, -0.2) is 16.7 Å². The van der Waals surface area contributed by atoms with E-state index in [1.54, 1.807) is 31.2 Å². The third-order valence-corrected chi connectivity index (χ3v) is 4.10. The first-order valence-electron chi connectivity index (χ1n) is 6.96. The minimum atomic E-state index is -0.483. The number of nitrogens with zero attached hydrogens (tertiary/aromatic N) is 1. The molecule has 0 saturated heterocycles. The van der Waals surface area contributed by atoms with Crippen LogP contribution in [0.1, 0.15) is 23.0 Å². The summed E-state index contributed by atoms with van der Waals surface area (Å²) in [4.78, 5) is 12.2. The van der Waals surface area contributed by atoms with Crippen LogP contribution in [0.25, 0.3) is 11.0 Å². The standard InChI is InChI=1S/C17H12BrClN2O3/c1-9(13-8-12(19)3-4-14(13)22)20-21-17(23)16-7-10-6-11(18)2-5-15(10)24-16/h2-8,22H,1H3,(H,21,23). The number of furan rings is 1. The van der Waals surface area contributed by atoms with E-state index >= 15 is 0 Å². The molecule has 0 aliphatic carbocycles. The lowest BCUT2D eigenvalue weighted by molar-refractivity contribution is 0.0929. The van der Waals surface area contributed by atoms with Crippen molar-refractivity contribution in [1.82, 2.24) is 5.43 Å². The third-order valence-electron chi connectivity index (χ3n) is 3.38. The third kappa shape index (κ3) is 3.44. The molecule has 122 valence electrons. The monoisotopic (exact) mass is 406 g/mol. The Morgan fingerprint density at radius 1 is 1.25 bits per heavy atom. The second kappa shape index (κ2) is 6.67. The maximum absolute atomic E-state index is 12.2. The summed E-state index contributed by atoms with van der Waals surface area (Å²) in [5, 5.41) is 15.1. The van der Waals surface area contributed by atoms with E-state index in [2.05, 4.69) is 26.5 Å². The molecule has 2 aromatic carbocycles. The maximum atomic E-state index is 12.2. The number of hydrazone groups is 1. The highest BCUT2D eigenvalue weighted by Gasteiger charge is 2.13. The maximum Gasteiger partial charge on any atom is 0.307 e. The Balaban J connectivity index is 1.81. The number of carbonyl (C=O) groups is 1. The second-order valence-corrected chi connectivity index (χ2v) is 6.44. The average Bonchev–Trinajstić information content (AvgIpc) is 2.97. The van der Waals surface area contributed by atoms with E-state index < -0.39 is 5.91 Å². The number of aromatic hydroxyl groups is 1. The quantitative estimate of drug-likeness (QED) is 0.488. The van der Waals surface area contributed by atoms with E-state index in [9.17, 15) is 9.90 Å². The number of carbonyl (C=O) groups excluding carboxylic acids is 1. The SMILES string of the molecule is CC(=NNC(=O)c1cc2cc(Br)ccc2o1)c1cc(Cl)ccc1O. The molecule has 1 amide bonds. The van der Waals surface area contributed by atoms with E-state index in [0.717, 1.165) is 9.86 Å². The predicted molar refractivity (Wildman–Crippen MR) is 96.7 cm³/mol. The van der Waals surface area contributed by atoms with Gasteiger partial charge in [-0.3, -0.25) is 4.79 Å². The molecule has 0 unspecified atom stereocenters. The zero-order valence-electron chi connectivity index (χ0n) is 12.5. The smallest absolute Gasteiger partial charge is 0.307 e. The normalized spacial score (nSPS) is 11.7. The summed E-state index contributed by atoms with van der Waals surface area (Å²) >= 11 is 9.27. The van der Waals surface area contributed by atoms with Crippen LogP contribution in [0, 0.1) is 0 Å². The molecule has 0 spiro atoms. The molecular formula is C17H12BrClN2O3. The van der Waals surface area contributed by atoms with Crippen LogP contribution in [0.15, 0.2) is 56.5 Å². The van der Waals surface area contributed by atoms with Crippen LogP contribution in [0.3, 0.4) is 0 Å². The summed E-state index contributed by atoms with van der Waals surface area (Å²) in [6.07, 6.45) is 0. The molecule has 2 N–H and O–H groups in total. The van der Waals surface area contributed by atoms with Gasteiger partial charge in [0.15, 0.2) is 5.76 Å². The molecule has 0 saturated carbocycles. The van der Waals surface area contributed by atoms with Crippen molar-refractivity contribution >= 4 is 50.1 Å². The van der Waals surface area contributed by atoms with Gasteiger partial charge in [0.25, 0.3) is 0 Å². The van der Waals surface area contributed by atoms with Crippen LogP contribution in [0.5, 0.6) is 5.75 Å². The highest BCUT2D eigenvalue weighted by atomic mass is 79.9. The predicted octanol–water partition coefficient (Wildman–Crippen LogP) is 4.71. The number of hydrogen-bond acceptors (Lipinski definition) is 4. The number of benzene rings is 2. The molecule has 0 aliphatic rings. The summed E-state index contributed by atoms with van der Waals surface area (Å²) < 4.78 is 6.39. The molecule has 0 fully saturated rings. The number of halogens is 2. The van der Waals surface area contributed by atoms with E-state index in [1.807, 2.05) is 12.1 Å². The molecule has 1 heterocycles. The van der Waals surface area contributed by atoms with E-state index in [4.69, 9.17) is 16.0 Å². The number of nitrogens with one attached hydrogen (secondary N) is 1. The summed E-state index contributed by atoms with van der Waals surface area (Å²) in [6, 6.07) is 11.7. The molecule has 0 bridgehead atoms. The first-order chi connectivity index (χ1) is 11.4. The number of hydrogen-bond donors (Lipinski definition) is 2. The van der Waals surface area contributed by atoms with Gasteiger partial charge in [0, 0.05) is 20.4 Å². The van der Waals surface area contributed by atoms with Gasteiger partial charge in [-0.1, -0.05) is 27.5 Å². The van der Waals surface area contributed by atoms with Crippen molar-refractivity contribution in [3.8, 4) is 5.75 Å². The Bertz CT molecular complexity index is 966. The van der Waals surface area contributed by atoms with Gasteiger partial charge in [-0.25, -0.2) is 5.43 Å². The van der Waals surface area contributed by atoms with Crippen molar-refractivity contribution in [2.24, 2.45) is 5.10 Å². The van der Waals surface area contributed by atoms with Gasteiger partial charge in [0.1, 0.15) is 11.3 Å². The summed E-state index contributed by atoms with van der Waals surface area (Å²) in [5.74, 6) is -0.304. The summed E-state index contributed by atoms with van der Waals surface area (Å²) in [7, 11) is 0. The topological polar surface area (TPSA) is 74.8 Å². The van der Waals surface area contributed by atoms with Crippen LogP contribution in [0.2, 0.25) is 5.02 Å². The summed E-state index contributed by atoms with van der Waals surface area (Å²) in [6.45, 7) is 1.65. The Morgan fingerprint density at radius 2 is 2.04 bits per heavy atom. The fraction of sp³-hybridized carbons (Fsp3) is 0.0588. The molecule has 7 heteroatoms. The van der Waals surface area contributed by atoms with Crippen LogP contribution < -0.4 is 5.43 Å². The van der Waals surface area contributed by atoms with Crippen molar-refractivity contribution in [2.45, 2.75) is 6.92 Å². The van der Waals surface area contributed by atoms with Gasteiger partial charge < -0.3 is 9.52 Å². The van der Waals surface area contributed by atoms with Crippen molar-refractivity contribution < 1.29 is 14.3 Å². The summed E-state index contributed by atoms with van der Waals surface area (Å²) in [5.41, 5.74) is 3.88. The number of phenolic OH excluding ortho intramolecular Hbond substituents is 1. The molecule has 1 aromatic heterocycles. The molecule has 0 radical (unpaired) electrons. The Morgan fingerprint density at radius 3 is 2.83 bits per heavy atom. The van der Waals surface area contributed by atoms with Crippen molar-refractivity contribution in [3.63, 3.8) is 0 Å². The van der Waals surface area contributed by atoms with E-state index in [-0.39, 0.29) is 11.5 Å². The van der Waals surface area contributed by atoms with Crippen molar-refractivity contribution in [1.29, 1.82) is 0 Å². The molecule has 5 nitrogen and oxygen atoms in total. The van der Waals surface area contributed by atoms with Gasteiger partial charge in [-0.15, -0.1) is 0 Å². The van der Waals surface area contributed by atoms with Gasteiger partial charge >= 0.3 is 5.91 Å². The van der Waals surface area contributed by atoms with Gasteiger partial charge in [0.2, 0.25) is 0 Å². The number of fused-ring (bicyclic) bond motifs is 1. The molecule has 0 atom stereocenters. The van der Waals surface area contributed by atoms with Gasteiger partial charge in [-0.05, 0) is 49.4 Å². The molecule has 3 rings (SSSR count). The number of phenols is 1. The van der Waals surface area contributed by atoms with E-state index in [0.29, 0.717) is 21.9 Å². The molecule has 3 aromatic rings. The molecule has 0 aliphatic heterocycles. The molecular weight excluding hydrogens is 396 g/mol. The Labute approximate surface area is 151 Å². The Hall–Kier alpha value is -2.31. The largest absolute Gasteiger partial charge is 0.507 e. The lowest BCUT2D eigenvalue weighted by atomic mass is 10.1. The number of rotatable bonds is 3. The second-order valence-electron chi connectivity index (χ2n) is 5.09. The fourth-order valence-corrected chi connectivity index (χ4v) is 2.73. The Kier molecular flexibility index (Phi) is 4.59. The van der Waals surface area contributed by atoms with Crippen LogP contribution >= 0.6 is 27.5 Å².